The van der Waals surface area contributed by atoms with Gasteiger partial charge in [-0.05, 0) is 66.4 Å². The van der Waals surface area contributed by atoms with Crippen molar-refractivity contribution in [2.24, 2.45) is 0 Å². The van der Waals surface area contributed by atoms with E-state index >= 15 is 0 Å². The highest BCUT2D eigenvalue weighted by molar-refractivity contribution is 8.04. The minimum Gasteiger partial charge on any atom is -0.385 e. The van der Waals surface area contributed by atoms with Crippen molar-refractivity contribution in [3.05, 3.63) is 87.3 Å². The Morgan fingerprint density at radius 1 is 1.03 bits per heavy atom. The monoisotopic (exact) mass is 511 g/mol. The summed E-state index contributed by atoms with van der Waals surface area (Å²) >= 11 is 2.50. The van der Waals surface area contributed by atoms with Crippen LogP contribution in [0.4, 0.5) is 15.8 Å². The van der Waals surface area contributed by atoms with Gasteiger partial charge in [-0.3, -0.25) is 19.3 Å². The van der Waals surface area contributed by atoms with Crippen LogP contribution in [-0.2, 0) is 14.3 Å². The van der Waals surface area contributed by atoms with Crippen LogP contribution in [0, 0.1) is 5.82 Å². The summed E-state index contributed by atoms with van der Waals surface area (Å²) in [5, 5.41) is 7.65. The van der Waals surface area contributed by atoms with Gasteiger partial charge in [-0.1, -0.05) is 17.8 Å². The van der Waals surface area contributed by atoms with Crippen molar-refractivity contribution in [3.8, 4) is 0 Å². The van der Waals surface area contributed by atoms with E-state index in [2.05, 4.69) is 10.6 Å². The topological polar surface area (TPSA) is 87.7 Å². The lowest BCUT2D eigenvalue weighted by molar-refractivity contribution is -0.137. The molecule has 0 unspecified atom stereocenters. The molecule has 0 aliphatic carbocycles. The van der Waals surface area contributed by atoms with Crippen LogP contribution in [-0.4, -0.2) is 42.9 Å². The number of carbonyl (C=O) groups is 3. The fourth-order valence-electron chi connectivity index (χ4n) is 3.33. The number of thiophene rings is 1. The zero-order chi connectivity index (χ0) is 24.8. The number of benzene rings is 2. The molecular formula is C25H22FN3O4S2. The van der Waals surface area contributed by atoms with Gasteiger partial charge in [0.1, 0.15) is 16.4 Å². The number of ether oxygens (including phenoxy) is 1. The molecule has 2 heterocycles. The van der Waals surface area contributed by atoms with Crippen LogP contribution in [0.2, 0.25) is 0 Å². The van der Waals surface area contributed by atoms with E-state index in [-0.39, 0.29) is 23.1 Å². The molecule has 7 nitrogen and oxygen atoms in total. The van der Waals surface area contributed by atoms with Gasteiger partial charge in [0, 0.05) is 36.5 Å². The molecule has 0 saturated heterocycles. The second-order valence-electron chi connectivity index (χ2n) is 7.50. The molecular weight excluding hydrogens is 489 g/mol. The molecule has 0 saturated carbocycles. The minimum atomic E-state index is -0.447. The predicted octanol–water partition coefficient (Wildman–Crippen LogP) is 4.96. The first kappa shape index (κ1) is 24.6. The number of anilines is 2. The van der Waals surface area contributed by atoms with Crippen molar-refractivity contribution < 1.29 is 23.5 Å². The van der Waals surface area contributed by atoms with Crippen LogP contribution in [0.15, 0.2) is 81.5 Å². The Morgan fingerprint density at radius 3 is 2.40 bits per heavy atom. The molecule has 2 N–H and O–H groups in total. The third-order valence-electron chi connectivity index (χ3n) is 5.05. The summed E-state index contributed by atoms with van der Waals surface area (Å²) in [5.74, 6) is -1.45. The molecule has 35 heavy (non-hydrogen) atoms. The maximum atomic E-state index is 13.3. The molecule has 180 valence electrons. The fourth-order valence-corrected chi connectivity index (χ4v) is 4.90. The first-order valence-electron chi connectivity index (χ1n) is 10.7. The maximum Gasteiger partial charge on any atom is 0.278 e. The number of nitrogens with zero attached hydrogens (tertiary/aromatic N) is 1. The van der Waals surface area contributed by atoms with Crippen LogP contribution in [0.25, 0.3) is 0 Å². The standard InChI is InChI=1S/C25H22FN3O4S2/c1-33-14-3-13-29-24(31)21(27-17-7-5-16(26)6-8-17)22(25(29)32)35-19-11-9-18(10-12-19)28-23(30)20-4-2-15-34-20/h2,4-12,15,27H,3,13-14H2,1H3,(H,28,30). The van der Waals surface area contributed by atoms with Crippen molar-refractivity contribution in [3.63, 3.8) is 0 Å². The van der Waals surface area contributed by atoms with E-state index in [0.717, 1.165) is 11.8 Å². The van der Waals surface area contributed by atoms with Gasteiger partial charge in [0.25, 0.3) is 17.7 Å². The Kier molecular flexibility index (Phi) is 7.96. The molecule has 1 aromatic heterocycles. The van der Waals surface area contributed by atoms with Crippen molar-refractivity contribution in [2.75, 3.05) is 30.9 Å². The molecule has 1 aliphatic heterocycles. The van der Waals surface area contributed by atoms with Crippen LogP contribution >= 0.6 is 23.1 Å². The number of hydrogen-bond acceptors (Lipinski definition) is 7. The van der Waals surface area contributed by atoms with E-state index in [4.69, 9.17) is 4.74 Å². The summed E-state index contributed by atoms with van der Waals surface area (Å²) < 4.78 is 18.4. The average Bonchev–Trinajstić information content (AvgIpc) is 3.47. The highest BCUT2D eigenvalue weighted by atomic mass is 32.2. The van der Waals surface area contributed by atoms with Crippen molar-refractivity contribution in [1.29, 1.82) is 0 Å². The number of thioether (sulfide) groups is 1. The normalized spacial score (nSPS) is 13.5. The third-order valence-corrected chi connectivity index (χ3v) is 7.01. The summed E-state index contributed by atoms with van der Waals surface area (Å²) in [4.78, 5) is 41.2. The number of amides is 3. The molecule has 0 spiro atoms. The quantitative estimate of drug-likeness (QED) is 0.296. The van der Waals surface area contributed by atoms with E-state index in [1.807, 2.05) is 11.4 Å². The molecule has 0 atom stereocenters. The summed E-state index contributed by atoms with van der Waals surface area (Å²) in [7, 11) is 1.56. The maximum absolute atomic E-state index is 13.3. The molecule has 2 aromatic carbocycles. The van der Waals surface area contributed by atoms with Gasteiger partial charge in [-0.15, -0.1) is 11.3 Å². The molecule has 10 heteroatoms. The number of methoxy groups -OCH3 is 1. The highest BCUT2D eigenvalue weighted by Gasteiger charge is 2.38. The Labute approximate surface area is 210 Å². The number of carbonyl (C=O) groups excluding carboxylic acids is 3. The number of rotatable bonds is 10. The van der Waals surface area contributed by atoms with Crippen molar-refractivity contribution in [1.82, 2.24) is 4.90 Å². The van der Waals surface area contributed by atoms with Crippen molar-refractivity contribution in [2.45, 2.75) is 11.3 Å². The molecule has 0 radical (unpaired) electrons. The zero-order valence-electron chi connectivity index (χ0n) is 18.7. The minimum absolute atomic E-state index is 0.138. The Morgan fingerprint density at radius 2 is 1.74 bits per heavy atom. The van der Waals surface area contributed by atoms with E-state index in [9.17, 15) is 18.8 Å². The Hall–Kier alpha value is -3.47. The van der Waals surface area contributed by atoms with E-state index < -0.39 is 17.6 Å². The molecule has 0 bridgehead atoms. The first-order chi connectivity index (χ1) is 17.0. The summed E-state index contributed by atoms with van der Waals surface area (Å²) in [5.41, 5.74) is 1.24. The molecule has 3 amide bonds. The van der Waals surface area contributed by atoms with E-state index in [1.165, 1.54) is 40.5 Å². The number of halogens is 1. The van der Waals surface area contributed by atoms with Gasteiger partial charge in [0.15, 0.2) is 0 Å². The lowest BCUT2D eigenvalue weighted by atomic mass is 10.3. The lowest BCUT2D eigenvalue weighted by Gasteiger charge is -2.14. The average molecular weight is 512 g/mol. The largest absolute Gasteiger partial charge is 0.385 e. The third kappa shape index (κ3) is 5.97. The van der Waals surface area contributed by atoms with Crippen LogP contribution in [0.3, 0.4) is 0 Å². The number of hydrogen-bond donors (Lipinski definition) is 2. The van der Waals surface area contributed by atoms with Crippen LogP contribution < -0.4 is 10.6 Å². The molecule has 4 rings (SSSR count). The van der Waals surface area contributed by atoms with Gasteiger partial charge >= 0.3 is 0 Å². The highest BCUT2D eigenvalue weighted by Crippen LogP contribution is 2.36. The van der Waals surface area contributed by atoms with Gasteiger partial charge in [0.2, 0.25) is 0 Å². The fraction of sp³-hybridized carbons (Fsp3) is 0.160. The van der Waals surface area contributed by atoms with Crippen molar-refractivity contribution >= 4 is 52.2 Å². The van der Waals surface area contributed by atoms with Gasteiger partial charge in [-0.25, -0.2) is 4.39 Å². The van der Waals surface area contributed by atoms with Gasteiger partial charge in [-0.2, -0.15) is 0 Å². The first-order valence-corrected chi connectivity index (χ1v) is 12.4. The van der Waals surface area contributed by atoms with E-state index in [0.29, 0.717) is 34.2 Å². The number of imide groups is 1. The number of nitrogens with one attached hydrogen (secondary N) is 2. The Bertz CT molecular complexity index is 1240. The van der Waals surface area contributed by atoms with Gasteiger partial charge in [0.05, 0.1) is 4.88 Å². The van der Waals surface area contributed by atoms with Gasteiger partial charge < -0.3 is 15.4 Å². The molecule has 0 fully saturated rings. The lowest BCUT2D eigenvalue weighted by Crippen LogP contribution is -2.33. The predicted molar refractivity (Wildman–Crippen MR) is 135 cm³/mol. The zero-order valence-corrected chi connectivity index (χ0v) is 20.4. The smallest absolute Gasteiger partial charge is 0.278 e. The summed E-state index contributed by atoms with van der Waals surface area (Å²) in [6.07, 6.45) is 0.508. The summed E-state index contributed by atoms with van der Waals surface area (Å²) in [6, 6.07) is 16.1. The molecule has 3 aromatic rings. The Balaban J connectivity index is 1.53. The van der Waals surface area contributed by atoms with E-state index in [1.54, 1.807) is 37.4 Å². The SMILES string of the molecule is COCCCN1C(=O)C(Nc2ccc(F)cc2)=C(Sc2ccc(NC(=O)c3cccs3)cc2)C1=O. The second-order valence-corrected chi connectivity index (χ2v) is 9.53. The van der Waals surface area contributed by atoms with Crippen LogP contribution in [0.5, 0.6) is 0 Å². The summed E-state index contributed by atoms with van der Waals surface area (Å²) in [6.45, 7) is 0.636. The second kappa shape index (κ2) is 11.3. The van der Waals surface area contributed by atoms with Crippen LogP contribution in [0.1, 0.15) is 16.1 Å². The molecule has 1 aliphatic rings.